The van der Waals surface area contributed by atoms with Crippen LogP contribution in [0.3, 0.4) is 0 Å². The number of methoxy groups -OCH3 is 1. The highest BCUT2D eigenvalue weighted by molar-refractivity contribution is 5.94. The maximum Gasteiger partial charge on any atom is 0.166 e. The first-order chi connectivity index (χ1) is 9.24. The lowest BCUT2D eigenvalue weighted by atomic mass is 10.1. The van der Waals surface area contributed by atoms with Crippen molar-refractivity contribution in [2.45, 2.75) is 51.6 Å². The van der Waals surface area contributed by atoms with Crippen LogP contribution in [0.25, 0.3) is 0 Å². The van der Waals surface area contributed by atoms with E-state index in [0.717, 1.165) is 37.7 Å². The van der Waals surface area contributed by atoms with Crippen molar-refractivity contribution < 1.29 is 14.3 Å². The van der Waals surface area contributed by atoms with Crippen LogP contribution in [-0.2, 0) is 14.3 Å². The highest BCUT2D eigenvalue weighted by Crippen LogP contribution is 2.11. The first-order valence-corrected chi connectivity index (χ1v) is 6.96. The first kappa shape index (κ1) is 15.9. The average molecular weight is 264 g/mol. The van der Waals surface area contributed by atoms with Gasteiger partial charge in [0.15, 0.2) is 5.78 Å². The topological polar surface area (TPSA) is 35.5 Å². The van der Waals surface area contributed by atoms with E-state index >= 15 is 0 Å². The molecule has 1 unspecified atom stereocenters. The molecule has 19 heavy (non-hydrogen) atoms. The van der Waals surface area contributed by atoms with Crippen molar-refractivity contribution >= 4 is 5.78 Å². The number of Topliss-reactive ketones (excluding diaryl/α,β-unsaturated/α-hetero) is 1. The molecular weight excluding hydrogens is 240 g/mol. The Morgan fingerprint density at radius 2 is 2.21 bits per heavy atom. The Morgan fingerprint density at radius 3 is 3.00 bits per heavy atom. The molecule has 0 saturated heterocycles. The third-order valence-electron chi connectivity index (χ3n) is 3.10. The zero-order valence-electron chi connectivity index (χ0n) is 12.0. The van der Waals surface area contributed by atoms with Crippen LogP contribution < -0.4 is 0 Å². The summed E-state index contributed by atoms with van der Waals surface area (Å²) in [5.41, 5.74) is 3.83. The maximum absolute atomic E-state index is 11.7. The van der Waals surface area contributed by atoms with E-state index in [9.17, 15) is 4.79 Å². The monoisotopic (exact) mass is 264 g/mol. The Morgan fingerprint density at radius 1 is 1.37 bits per heavy atom. The molecule has 0 heterocycles. The van der Waals surface area contributed by atoms with Gasteiger partial charge >= 0.3 is 0 Å². The molecule has 0 aliphatic heterocycles. The quantitative estimate of drug-likeness (QED) is 0.444. The van der Waals surface area contributed by atoms with Crippen LogP contribution >= 0.6 is 0 Å². The highest BCUT2D eigenvalue weighted by Gasteiger charge is 2.06. The van der Waals surface area contributed by atoms with E-state index in [1.54, 1.807) is 7.11 Å². The lowest BCUT2D eigenvalue weighted by Gasteiger charge is -2.12. The molecule has 0 radical (unpaired) electrons. The van der Waals surface area contributed by atoms with Gasteiger partial charge in [-0.2, -0.15) is 0 Å². The molecule has 0 aromatic heterocycles. The van der Waals surface area contributed by atoms with Gasteiger partial charge in [0.25, 0.3) is 0 Å². The molecule has 3 nitrogen and oxygen atoms in total. The number of ether oxygens (including phenoxy) is 2. The fraction of sp³-hybridized carbons (Fsp3) is 0.625. The summed E-state index contributed by atoms with van der Waals surface area (Å²) in [6.45, 7) is 2.17. The first-order valence-electron chi connectivity index (χ1n) is 6.96. The van der Waals surface area contributed by atoms with E-state index in [1.807, 2.05) is 13.0 Å². The van der Waals surface area contributed by atoms with E-state index in [0.29, 0.717) is 13.2 Å². The second-order valence-electron chi connectivity index (χ2n) is 4.76. The minimum absolute atomic E-state index is 0.106. The van der Waals surface area contributed by atoms with Gasteiger partial charge in [-0.25, -0.2) is 0 Å². The summed E-state index contributed by atoms with van der Waals surface area (Å²) in [4.78, 5) is 11.7. The minimum atomic E-state index is 0.106. The molecule has 1 aliphatic carbocycles. The third kappa shape index (κ3) is 7.12. The molecule has 0 spiro atoms. The smallest absolute Gasteiger partial charge is 0.166 e. The van der Waals surface area contributed by atoms with Gasteiger partial charge in [0.05, 0.1) is 6.10 Å². The Labute approximate surface area is 116 Å². The Kier molecular flexibility index (Phi) is 8.15. The van der Waals surface area contributed by atoms with Crippen LogP contribution in [0.2, 0.25) is 0 Å². The molecule has 0 aromatic carbocycles. The Balaban J connectivity index is 2.59. The second-order valence-corrected chi connectivity index (χ2v) is 4.76. The Bertz CT molecular complexity index is 362. The molecule has 0 saturated carbocycles. The predicted octanol–water partition coefficient (Wildman–Crippen LogP) is 3.56. The normalized spacial score (nSPS) is 24.0. The minimum Gasteiger partial charge on any atom is -0.359 e. The summed E-state index contributed by atoms with van der Waals surface area (Å²) in [6.07, 6.45) is 11.6. The van der Waals surface area contributed by atoms with Crippen LogP contribution in [0.4, 0.5) is 0 Å². The number of carbonyl (C=O) groups is 1. The van der Waals surface area contributed by atoms with Crippen molar-refractivity contribution in [1.29, 1.82) is 0 Å². The summed E-state index contributed by atoms with van der Waals surface area (Å²) >= 11 is 0. The summed E-state index contributed by atoms with van der Waals surface area (Å²) in [6, 6.07) is 0. The Hall–Kier alpha value is -1.15. The van der Waals surface area contributed by atoms with E-state index < -0.39 is 0 Å². The van der Waals surface area contributed by atoms with Crippen LogP contribution in [0.15, 0.2) is 29.5 Å². The van der Waals surface area contributed by atoms with Gasteiger partial charge in [-0.1, -0.05) is 12.2 Å². The summed E-state index contributed by atoms with van der Waals surface area (Å²) in [5, 5.41) is 0. The summed E-state index contributed by atoms with van der Waals surface area (Å²) in [5.74, 6) is 0.205. The van der Waals surface area contributed by atoms with Gasteiger partial charge in [0, 0.05) is 19.1 Å². The molecule has 0 aromatic rings. The van der Waals surface area contributed by atoms with Crippen molar-refractivity contribution in [3.8, 4) is 0 Å². The van der Waals surface area contributed by atoms with Crippen LogP contribution in [0, 0.1) is 0 Å². The lowest BCUT2D eigenvalue weighted by molar-refractivity contribution is -0.115. The van der Waals surface area contributed by atoms with Crippen LogP contribution in [0.5, 0.6) is 0 Å². The number of carbonyl (C=O) groups excluding carboxylic acids is 1. The number of allylic oxidation sites excluding steroid dienone is 2. The SMILES string of the molecule is COCOC1/C=C\CCCC(=O)C(C)=C=CCCC1. The van der Waals surface area contributed by atoms with Gasteiger partial charge in [-0.05, 0) is 45.1 Å². The third-order valence-corrected chi connectivity index (χ3v) is 3.10. The molecule has 0 N–H and O–H groups in total. The molecule has 3 heteroatoms. The molecule has 1 rings (SSSR count). The fourth-order valence-electron chi connectivity index (χ4n) is 1.93. The molecule has 106 valence electrons. The highest BCUT2D eigenvalue weighted by atomic mass is 16.7. The van der Waals surface area contributed by atoms with E-state index in [2.05, 4.69) is 17.9 Å². The maximum atomic E-state index is 11.7. The molecule has 0 bridgehead atoms. The number of ketones is 1. The summed E-state index contributed by atoms with van der Waals surface area (Å²) < 4.78 is 10.5. The molecule has 0 amide bonds. The van der Waals surface area contributed by atoms with E-state index in [-0.39, 0.29) is 11.9 Å². The van der Waals surface area contributed by atoms with Crippen molar-refractivity contribution in [3.05, 3.63) is 29.5 Å². The number of hydrogen-bond acceptors (Lipinski definition) is 3. The molecule has 1 atom stereocenters. The molecule has 1 aliphatic rings. The van der Waals surface area contributed by atoms with Gasteiger partial charge in [-0.15, -0.1) is 5.73 Å². The van der Waals surface area contributed by atoms with Crippen molar-refractivity contribution in [2.24, 2.45) is 0 Å². The molecular formula is C16H24O3. The van der Waals surface area contributed by atoms with Crippen LogP contribution in [-0.4, -0.2) is 25.8 Å². The van der Waals surface area contributed by atoms with Gasteiger partial charge < -0.3 is 9.47 Å². The second kappa shape index (κ2) is 9.74. The van der Waals surface area contributed by atoms with Crippen molar-refractivity contribution in [3.63, 3.8) is 0 Å². The summed E-state index contributed by atoms with van der Waals surface area (Å²) in [7, 11) is 1.63. The standard InChI is InChI=1S/C16H24O3/c1-14-9-5-3-6-10-15(19-13-18-2)11-7-4-8-12-16(14)17/h5,7,11,15H,3-4,6,8,10,12-13H2,1-2H3/b11-7-. The largest absolute Gasteiger partial charge is 0.359 e. The average Bonchev–Trinajstić information content (AvgIpc) is 2.42. The van der Waals surface area contributed by atoms with Crippen molar-refractivity contribution in [2.75, 3.05) is 13.9 Å². The van der Waals surface area contributed by atoms with Crippen molar-refractivity contribution in [1.82, 2.24) is 0 Å². The van der Waals surface area contributed by atoms with Crippen LogP contribution in [0.1, 0.15) is 45.4 Å². The number of rotatable bonds is 3. The van der Waals surface area contributed by atoms with Gasteiger partial charge in [0.2, 0.25) is 0 Å². The van der Waals surface area contributed by atoms with Gasteiger partial charge in [0.1, 0.15) is 6.79 Å². The zero-order chi connectivity index (χ0) is 13.9. The number of hydrogen-bond donors (Lipinski definition) is 0. The fourth-order valence-corrected chi connectivity index (χ4v) is 1.93. The van der Waals surface area contributed by atoms with E-state index in [1.165, 1.54) is 0 Å². The predicted molar refractivity (Wildman–Crippen MR) is 75.9 cm³/mol. The lowest BCUT2D eigenvalue weighted by Crippen LogP contribution is -2.11. The van der Waals surface area contributed by atoms with Gasteiger partial charge in [-0.3, -0.25) is 4.79 Å². The zero-order valence-corrected chi connectivity index (χ0v) is 12.0. The molecule has 0 fully saturated rings. The van der Waals surface area contributed by atoms with E-state index in [4.69, 9.17) is 9.47 Å².